The second-order valence-electron chi connectivity index (χ2n) is 5.64. The van der Waals surface area contributed by atoms with E-state index in [2.05, 4.69) is 26.2 Å². The first-order valence-corrected chi connectivity index (χ1v) is 6.45. The van der Waals surface area contributed by atoms with Gasteiger partial charge < -0.3 is 14.9 Å². The lowest BCUT2D eigenvalue weighted by atomic mass is 9.90. The molecule has 20 heavy (non-hydrogen) atoms. The van der Waals surface area contributed by atoms with E-state index in [4.69, 9.17) is 20.3 Å². The Morgan fingerprint density at radius 1 is 1.10 bits per heavy atom. The van der Waals surface area contributed by atoms with E-state index in [1.807, 2.05) is 18.2 Å². The zero-order valence-corrected chi connectivity index (χ0v) is 12.6. The predicted octanol–water partition coefficient (Wildman–Crippen LogP) is 2.84. The van der Waals surface area contributed by atoms with Crippen molar-refractivity contribution >= 4 is 16.6 Å². The fraction of sp³-hybridized carbons (Fsp3) is 0.400. The van der Waals surface area contributed by atoms with Gasteiger partial charge in [0.2, 0.25) is 0 Å². The maximum atomic E-state index is 5.67. The van der Waals surface area contributed by atoms with Gasteiger partial charge in [0.25, 0.3) is 0 Å². The molecule has 1 aromatic carbocycles. The number of hydrogen-bond acceptors (Lipinski definition) is 5. The van der Waals surface area contributed by atoms with Gasteiger partial charge in [-0.2, -0.15) is 0 Å². The molecule has 1 aromatic heterocycles. The lowest BCUT2D eigenvalue weighted by Gasteiger charge is -2.21. The standard InChI is InChI=1S/C15H21N3O2/c1-15(2,3)12-8-9(18-16)13-10(19-4)6-7-11(20-5)14(13)17-12/h6-8H,16H2,1-5H3,(H,17,18). The van der Waals surface area contributed by atoms with Crippen molar-refractivity contribution in [2.24, 2.45) is 5.84 Å². The Labute approximate surface area is 119 Å². The number of ether oxygens (including phenoxy) is 2. The molecule has 0 unspecified atom stereocenters. The molecular formula is C15H21N3O2. The highest BCUT2D eigenvalue weighted by molar-refractivity contribution is 5.99. The number of anilines is 1. The Kier molecular flexibility index (Phi) is 3.72. The van der Waals surface area contributed by atoms with Crippen LogP contribution in [0, 0.1) is 0 Å². The third kappa shape index (κ3) is 2.36. The van der Waals surface area contributed by atoms with Crippen LogP contribution in [0.5, 0.6) is 11.5 Å². The minimum atomic E-state index is -0.0894. The number of benzene rings is 1. The van der Waals surface area contributed by atoms with E-state index < -0.39 is 0 Å². The number of nitrogens with zero attached hydrogens (tertiary/aromatic N) is 1. The van der Waals surface area contributed by atoms with Crippen LogP contribution in [0.4, 0.5) is 5.69 Å². The summed E-state index contributed by atoms with van der Waals surface area (Å²) in [5.41, 5.74) is 5.09. The maximum Gasteiger partial charge on any atom is 0.145 e. The van der Waals surface area contributed by atoms with E-state index in [-0.39, 0.29) is 5.41 Å². The molecule has 0 aliphatic heterocycles. The van der Waals surface area contributed by atoms with Crippen LogP contribution in [0.25, 0.3) is 10.9 Å². The quantitative estimate of drug-likeness (QED) is 0.666. The van der Waals surface area contributed by atoms with Crippen LogP contribution in [0.1, 0.15) is 26.5 Å². The zero-order valence-electron chi connectivity index (χ0n) is 12.6. The number of rotatable bonds is 3. The van der Waals surface area contributed by atoms with Crippen LogP contribution in [-0.2, 0) is 5.41 Å². The molecule has 5 heteroatoms. The van der Waals surface area contributed by atoms with Crippen molar-refractivity contribution < 1.29 is 9.47 Å². The minimum Gasteiger partial charge on any atom is -0.496 e. The molecule has 0 aliphatic carbocycles. The van der Waals surface area contributed by atoms with Crippen LogP contribution in [0.2, 0.25) is 0 Å². The molecule has 3 N–H and O–H groups in total. The monoisotopic (exact) mass is 275 g/mol. The number of methoxy groups -OCH3 is 2. The molecule has 2 rings (SSSR count). The van der Waals surface area contributed by atoms with Gasteiger partial charge >= 0.3 is 0 Å². The van der Waals surface area contributed by atoms with E-state index in [0.717, 1.165) is 22.3 Å². The van der Waals surface area contributed by atoms with Gasteiger partial charge in [0.15, 0.2) is 0 Å². The molecule has 108 valence electrons. The molecule has 2 aromatic rings. The lowest BCUT2D eigenvalue weighted by molar-refractivity contribution is 0.409. The van der Waals surface area contributed by atoms with Crippen LogP contribution < -0.4 is 20.7 Å². The number of nitrogens with one attached hydrogen (secondary N) is 1. The minimum absolute atomic E-state index is 0.0894. The van der Waals surface area contributed by atoms with Crippen molar-refractivity contribution in [2.45, 2.75) is 26.2 Å². The number of pyridine rings is 1. The van der Waals surface area contributed by atoms with E-state index in [9.17, 15) is 0 Å². The van der Waals surface area contributed by atoms with Gasteiger partial charge in [0.1, 0.15) is 17.0 Å². The molecular weight excluding hydrogens is 254 g/mol. The number of nitrogen functional groups attached to an aromatic ring is 1. The van der Waals surface area contributed by atoms with E-state index in [0.29, 0.717) is 11.5 Å². The summed E-state index contributed by atoms with van der Waals surface area (Å²) in [6.07, 6.45) is 0. The summed E-state index contributed by atoms with van der Waals surface area (Å²) in [4.78, 5) is 4.73. The molecule has 0 fully saturated rings. The highest BCUT2D eigenvalue weighted by Gasteiger charge is 2.21. The average Bonchev–Trinajstić information content (AvgIpc) is 2.43. The largest absolute Gasteiger partial charge is 0.496 e. The summed E-state index contributed by atoms with van der Waals surface area (Å²) < 4.78 is 10.8. The smallest absolute Gasteiger partial charge is 0.145 e. The number of nitrogens with two attached hydrogens (primary N) is 1. The predicted molar refractivity (Wildman–Crippen MR) is 81.4 cm³/mol. The van der Waals surface area contributed by atoms with Crippen molar-refractivity contribution in [1.29, 1.82) is 0 Å². The summed E-state index contributed by atoms with van der Waals surface area (Å²) in [5.74, 6) is 7.08. The highest BCUT2D eigenvalue weighted by atomic mass is 16.5. The molecule has 0 bridgehead atoms. The number of hydrogen-bond donors (Lipinski definition) is 2. The van der Waals surface area contributed by atoms with E-state index >= 15 is 0 Å². The van der Waals surface area contributed by atoms with E-state index in [1.54, 1.807) is 14.2 Å². The van der Waals surface area contributed by atoms with Crippen molar-refractivity contribution in [2.75, 3.05) is 19.6 Å². The number of aromatic nitrogens is 1. The Morgan fingerprint density at radius 3 is 2.20 bits per heavy atom. The fourth-order valence-corrected chi connectivity index (χ4v) is 2.12. The van der Waals surface area contributed by atoms with Gasteiger partial charge in [-0.25, -0.2) is 4.98 Å². The highest BCUT2D eigenvalue weighted by Crippen LogP contribution is 2.38. The molecule has 1 heterocycles. The number of fused-ring (bicyclic) bond motifs is 1. The van der Waals surface area contributed by atoms with Crippen molar-refractivity contribution in [3.8, 4) is 11.5 Å². The van der Waals surface area contributed by atoms with Crippen molar-refractivity contribution in [1.82, 2.24) is 4.98 Å². The Balaban J connectivity index is 2.89. The summed E-state index contributed by atoms with van der Waals surface area (Å²) in [5, 5.41) is 0.822. The SMILES string of the molecule is COc1ccc(OC)c2c(NN)cc(C(C)(C)C)nc12. The Hall–Kier alpha value is -2.01. The Morgan fingerprint density at radius 2 is 1.70 bits per heavy atom. The maximum absolute atomic E-state index is 5.67. The van der Waals surface area contributed by atoms with Crippen LogP contribution in [-0.4, -0.2) is 19.2 Å². The second kappa shape index (κ2) is 5.17. The topological polar surface area (TPSA) is 69.4 Å². The molecule has 0 saturated heterocycles. The van der Waals surface area contributed by atoms with Gasteiger partial charge in [-0.15, -0.1) is 0 Å². The average molecular weight is 275 g/mol. The second-order valence-corrected chi connectivity index (χ2v) is 5.64. The van der Waals surface area contributed by atoms with Crippen LogP contribution in [0.15, 0.2) is 18.2 Å². The third-order valence-electron chi connectivity index (χ3n) is 3.25. The van der Waals surface area contributed by atoms with Crippen molar-refractivity contribution in [3.05, 3.63) is 23.9 Å². The van der Waals surface area contributed by atoms with Crippen molar-refractivity contribution in [3.63, 3.8) is 0 Å². The van der Waals surface area contributed by atoms with Crippen LogP contribution >= 0.6 is 0 Å². The summed E-state index contributed by atoms with van der Waals surface area (Å²) in [6.45, 7) is 6.32. The normalized spacial score (nSPS) is 11.5. The summed E-state index contributed by atoms with van der Waals surface area (Å²) in [6, 6.07) is 5.64. The van der Waals surface area contributed by atoms with Gasteiger partial charge in [-0.05, 0) is 18.2 Å². The summed E-state index contributed by atoms with van der Waals surface area (Å²) in [7, 11) is 3.25. The molecule has 0 saturated carbocycles. The molecule has 0 radical (unpaired) electrons. The molecule has 0 aliphatic rings. The van der Waals surface area contributed by atoms with Gasteiger partial charge in [-0.3, -0.25) is 5.84 Å². The molecule has 5 nitrogen and oxygen atoms in total. The number of hydrazine groups is 1. The van der Waals surface area contributed by atoms with Gasteiger partial charge in [-0.1, -0.05) is 20.8 Å². The summed E-state index contributed by atoms with van der Waals surface area (Å²) >= 11 is 0. The lowest BCUT2D eigenvalue weighted by Crippen LogP contribution is -2.16. The van der Waals surface area contributed by atoms with E-state index in [1.165, 1.54) is 0 Å². The first-order valence-electron chi connectivity index (χ1n) is 6.45. The van der Waals surface area contributed by atoms with Crippen LogP contribution in [0.3, 0.4) is 0 Å². The first-order chi connectivity index (χ1) is 9.42. The third-order valence-corrected chi connectivity index (χ3v) is 3.25. The first kappa shape index (κ1) is 14.4. The molecule has 0 atom stereocenters. The molecule has 0 amide bonds. The Bertz CT molecular complexity index is 633. The molecule has 0 spiro atoms. The van der Waals surface area contributed by atoms with Gasteiger partial charge in [0, 0.05) is 11.1 Å². The fourth-order valence-electron chi connectivity index (χ4n) is 2.12. The zero-order chi connectivity index (χ0) is 14.9. The van der Waals surface area contributed by atoms with Gasteiger partial charge in [0.05, 0.1) is 25.3 Å².